The number of fused-ring (bicyclic) bond motifs is 6. The molecular weight excluding hydrogens is 583 g/mol. The van der Waals surface area contributed by atoms with Crippen molar-refractivity contribution in [3.8, 4) is 22.3 Å². The van der Waals surface area contributed by atoms with Gasteiger partial charge in [-0.25, -0.2) is 0 Å². The van der Waals surface area contributed by atoms with E-state index in [-0.39, 0.29) is 5.41 Å². The summed E-state index contributed by atoms with van der Waals surface area (Å²) in [7, 11) is 0. The highest BCUT2D eigenvalue weighted by Gasteiger charge is 2.61. The van der Waals surface area contributed by atoms with Crippen LogP contribution in [0.1, 0.15) is 43.2 Å². The fourth-order valence-corrected chi connectivity index (χ4v) is 11.1. The quantitative estimate of drug-likeness (QED) is 0.195. The number of rotatable bonds is 4. The van der Waals surface area contributed by atoms with Crippen LogP contribution in [0.3, 0.4) is 0 Å². The Labute approximate surface area is 281 Å². The number of anilines is 3. The predicted molar refractivity (Wildman–Crippen MR) is 197 cm³/mol. The molecule has 5 aliphatic carbocycles. The summed E-state index contributed by atoms with van der Waals surface area (Å²) in [6.07, 6.45) is 7.08. The number of hydrogen-bond donors (Lipinski definition) is 0. The Morgan fingerprint density at radius 1 is 0.500 bits per heavy atom. The van der Waals surface area contributed by atoms with Crippen LogP contribution in [0.15, 0.2) is 144 Å². The molecule has 1 aromatic heterocycles. The number of para-hydroxylation sites is 1. The molecule has 4 bridgehead atoms. The minimum absolute atomic E-state index is 0.167. The number of benzene rings is 6. The Morgan fingerprint density at radius 2 is 1.15 bits per heavy atom. The van der Waals surface area contributed by atoms with E-state index < -0.39 is 0 Å². The first-order chi connectivity index (χ1) is 23.8. The summed E-state index contributed by atoms with van der Waals surface area (Å²) in [6, 6.07) is 51.6. The van der Waals surface area contributed by atoms with E-state index in [2.05, 4.69) is 144 Å². The van der Waals surface area contributed by atoms with E-state index in [4.69, 9.17) is 4.42 Å². The van der Waals surface area contributed by atoms with Gasteiger partial charge in [-0.1, -0.05) is 97.1 Å². The third-order valence-electron chi connectivity index (χ3n) is 12.6. The maximum atomic E-state index is 6.42. The zero-order chi connectivity index (χ0) is 31.4. The van der Waals surface area contributed by atoms with Crippen molar-refractivity contribution in [3.63, 3.8) is 0 Å². The molecule has 12 rings (SSSR count). The molecule has 0 aliphatic heterocycles. The van der Waals surface area contributed by atoms with Crippen molar-refractivity contribution in [1.29, 1.82) is 0 Å². The average molecular weight is 620 g/mol. The fraction of sp³-hybridized carbons (Fsp3) is 0.217. The SMILES string of the molecule is c1ccc(-c2ccc(N(c3ccc4c(c3)-c3ccccc3[C@]43[C@@H]4CC5C[C@@H](C4)C[C@@H]3C5)c3cccc4oc5ccccc5c34)cc2)cc1. The summed E-state index contributed by atoms with van der Waals surface area (Å²) < 4.78 is 6.42. The van der Waals surface area contributed by atoms with Crippen molar-refractivity contribution < 1.29 is 4.42 Å². The van der Waals surface area contributed by atoms with Crippen molar-refractivity contribution in [2.45, 2.75) is 37.5 Å². The van der Waals surface area contributed by atoms with Crippen LogP contribution in [-0.4, -0.2) is 0 Å². The lowest BCUT2D eigenvalue weighted by Gasteiger charge is -2.61. The van der Waals surface area contributed by atoms with Crippen LogP contribution in [-0.2, 0) is 5.41 Å². The summed E-state index contributed by atoms with van der Waals surface area (Å²) >= 11 is 0. The minimum Gasteiger partial charge on any atom is -0.456 e. The van der Waals surface area contributed by atoms with Crippen molar-refractivity contribution in [2.75, 3.05) is 4.90 Å². The van der Waals surface area contributed by atoms with Crippen molar-refractivity contribution in [2.24, 2.45) is 23.7 Å². The van der Waals surface area contributed by atoms with Crippen LogP contribution >= 0.6 is 0 Å². The van der Waals surface area contributed by atoms with Gasteiger partial charge in [0.2, 0.25) is 0 Å². The maximum Gasteiger partial charge on any atom is 0.137 e. The third-order valence-corrected chi connectivity index (χ3v) is 12.6. The second-order valence-corrected chi connectivity index (χ2v) is 14.9. The summed E-state index contributed by atoms with van der Waals surface area (Å²) in [4.78, 5) is 2.46. The van der Waals surface area contributed by atoms with Gasteiger partial charge in [0.15, 0.2) is 0 Å². The highest BCUT2D eigenvalue weighted by Crippen LogP contribution is 2.69. The summed E-state index contributed by atoms with van der Waals surface area (Å²) in [5, 5.41) is 2.30. The summed E-state index contributed by atoms with van der Waals surface area (Å²) in [5.41, 5.74) is 14.0. The minimum atomic E-state index is 0.167. The highest BCUT2D eigenvalue weighted by atomic mass is 16.3. The first-order valence-electron chi connectivity index (χ1n) is 17.9. The summed E-state index contributed by atoms with van der Waals surface area (Å²) in [5.74, 6) is 3.39. The van der Waals surface area contributed by atoms with Gasteiger partial charge in [0.25, 0.3) is 0 Å². The molecule has 48 heavy (non-hydrogen) atoms. The Bertz CT molecular complexity index is 2340. The Kier molecular flexibility index (Phi) is 5.59. The summed E-state index contributed by atoms with van der Waals surface area (Å²) in [6.45, 7) is 0. The smallest absolute Gasteiger partial charge is 0.137 e. The monoisotopic (exact) mass is 619 g/mol. The molecule has 0 amide bonds. The van der Waals surface area contributed by atoms with Gasteiger partial charge in [-0.15, -0.1) is 0 Å². The lowest BCUT2D eigenvalue weighted by Crippen LogP contribution is -2.55. The molecule has 2 heteroatoms. The Morgan fingerprint density at radius 3 is 1.96 bits per heavy atom. The van der Waals surface area contributed by atoms with Crippen LogP contribution in [0.5, 0.6) is 0 Å². The molecule has 7 aromatic rings. The van der Waals surface area contributed by atoms with Crippen molar-refractivity contribution in [3.05, 3.63) is 151 Å². The van der Waals surface area contributed by atoms with E-state index in [1.807, 2.05) is 0 Å². The molecule has 0 saturated heterocycles. The average Bonchev–Trinajstić information content (AvgIpc) is 3.66. The highest BCUT2D eigenvalue weighted by molar-refractivity contribution is 6.13. The lowest BCUT2D eigenvalue weighted by atomic mass is 9.43. The molecule has 0 radical (unpaired) electrons. The first kappa shape index (κ1) is 26.9. The van der Waals surface area contributed by atoms with Crippen LogP contribution in [0.2, 0.25) is 0 Å². The molecule has 232 valence electrons. The molecule has 0 atom stereocenters. The van der Waals surface area contributed by atoms with Crippen LogP contribution in [0, 0.1) is 23.7 Å². The molecular formula is C46H37NO. The molecule has 5 aliphatic rings. The van der Waals surface area contributed by atoms with Gasteiger partial charge in [0.1, 0.15) is 11.2 Å². The van der Waals surface area contributed by atoms with Crippen LogP contribution < -0.4 is 4.90 Å². The second kappa shape index (κ2) is 9.97. The van der Waals surface area contributed by atoms with Crippen LogP contribution in [0.25, 0.3) is 44.2 Å². The zero-order valence-electron chi connectivity index (χ0n) is 27.0. The van der Waals surface area contributed by atoms with E-state index in [0.717, 1.165) is 57.0 Å². The van der Waals surface area contributed by atoms with E-state index in [0.29, 0.717) is 0 Å². The molecule has 2 nitrogen and oxygen atoms in total. The fourth-order valence-electron chi connectivity index (χ4n) is 11.1. The molecule has 1 heterocycles. The van der Waals surface area contributed by atoms with Gasteiger partial charge in [-0.3, -0.25) is 0 Å². The maximum absolute atomic E-state index is 6.42. The van der Waals surface area contributed by atoms with Gasteiger partial charge in [0, 0.05) is 22.2 Å². The topological polar surface area (TPSA) is 16.4 Å². The van der Waals surface area contributed by atoms with Crippen molar-refractivity contribution >= 4 is 39.0 Å². The molecule has 4 saturated carbocycles. The van der Waals surface area contributed by atoms with Gasteiger partial charge >= 0.3 is 0 Å². The normalized spacial score (nSPS) is 24.8. The Hall–Kier alpha value is -5.08. The van der Waals surface area contributed by atoms with E-state index in [1.165, 1.54) is 60.0 Å². The molecule has 0 N–H and O–H groups in total. The lowest BCUT2D eigenvalue weighted by molar-refractivity contribution is -0.0399. The van der Waals surface area contributed by atoms with E-state index in [9.17, 15) is 0 Å². The van der Waals surface area contributed by atoms with Gasteiger partial charge in [0.05, 0.1) is 11.1 Å². The van der Waals surface area contributed by atoms with E-state index in [1.54, 1.807) is 11.1 Å². The van der Waals surface area contributed by atoms with Crippen LogP contribution in [0.4, 0.5) is 17.1 Å². The molecule has 0 unspecified atom stereocenters. The third kappa shape index (κ3) is 3.64. The predicted octanol–water partition coefficient (Wildman–Crippen LogP) is 12.4. The second-order valence-electron chi connectivity index (χ2n) is 14.9. The van der Waals surface area contributed by atoms with Gasteiger partial charge < -0.3 is 9.32 Å². The van der Waals surface area contributed by atoms with Gasteiger partial charge in [-0.2, -0.15) is 0 Å². The number of nitrogens with zero attached hydrogens (tertiary/aromatic N) is 1. The Balaban J connectivity index is 1.13. The molecule has 4 fully saturated rings. The molecule has 1 spiro atoms. The first-order valence-corrected chi connectivity index (χ1v) is 17.9. The van der Waals surface area contributed by atoms with E-state index >= 15 is 0 Å². The largest absolute Gasteiger partial charge is 0.456 e. The molecule has 6 aromatic carbocycles. The van der Waals surface area contributed by atoms with Gasteiger partial charge in [-0.05, 0) is 132 Å². The van der Waals surface area contributed by atoms with Crippen molar-refractivity contribution in [1.82, 2.24) is 0 Å². The number of furan rings is 1. The number of hydrogen-bond acceptors (Lipinski definition) is 2. The zero-order valence-corrected chi connectivity index (χ0v) is 27.0. The standard InChI is InChI=1S/C46H37NO/c1-2-9-31(10-3-1)32-17-19-35(20-18-32)47(42-14-8-16-44-45(42)38-12-5-7-15-43(38)48-44)36-21-22-41-39(28-36)37-11-4-6-13-40(37)46(41)33-24-29-23-30(26-33)27-34(46)25-29/h1-22,28-30,33-34H,23-27H2/t29-,30?,33-,34+,46+.